The molecule has 1 aromatic carbocycles. The van der Waals surface area contributed by atoms with Crippen molar-refractivity contribution in [3.8, 4) is 17.3 Å². The van der Waals surface area contributed by atoms with Crippen molar-refractivity contribution in [2.24, 2.45) is 7.05 Å². The molecule has 0 unspecified atom stereocenters. The zero-order chi connectivity index (χ0) is 17.4. The highest BCUT2D eigenvalue weighted by Gasteiger charge is 2.12. The van der Waals surface area contributed by atoms with Gasteiger partial charge in [-0.3, -0.25) is 9.67 Å². The van der Waals surface area contributed by atoms with Gasteiger partial charge in [-0.1, -0.05) is 45.9 Å². The summed E-state index contributed by atoms with van der Waals surface area (Å²) in [4.78, 5) is 4.45. The lowest BCUT2D eigenvalue weighted by Gasteiger charge is -2.06. The Morgan fingerprint density at radius 3 is 2.30 bits per heavy atom. The van der Waals surface area contributed by atoms with Crippen molar-refractivity contribution in [2.45, 2.75) is 34.6 Å². The lowest BCUT2D eigenvalue weighted by molar-refractivity contribution is 0.768. The Morgan fingerprint density at radius 1 is 1.04 bits per heavy atom. The van der Waals surface area contributed by atoms with Crippen molar-refractivity contribution in [2.75, 3.05) is 0 Å². The van der Waals surface area contributed by atoms with Gasteiger partial charge in [0, 0.05) is 35.8 Å². The fraction of sp³-hybridized carbons (Fsp3) is 0.316. The molecule has 2 aromatic heterocycles. The minimum absolute atomic E-state index is 0.606. The Bertz CT molecular complexity index is 810. The van der Waals surface area contributed by atoms with E-state index in [9.17, 15) is 5.26 Å². The number of fused-ring (bicyclic) bond motifs is 1. The molecule has 0 bridgehead atoms. The van der Waals surface area contributed by atoms with E-state index in [2.05, 4.69) is 16.2 Å². The maximum absolute atomic E-state index is 9.46. The molecule has 0 fully saturated rings. The first kappa shape index (κ1) is 18.4. The highest BCUT2D eigenvalue weighted by molar-refractivity contribution is 5.93. The second kappa shape index (κ2) is 8.70. The van der Waals surface area contributed by atoms with Crippen molar-refractivity contribution in [3.05, 3.63) is 47.9 Å². The smallest absolute Gasteiger partial charge is 0.102 e. The Hall–Kier alpha value is -2.67. The number of pyridine rings is 1. The second-order valence-corrected chi connectivity index (χ2v) is 4.53. The predicted octanol–water partition coefficient (Wildman–Crippen LogP) is 4.87. The van der Waals surface area contributed by atoms with Gasteiger partial charge < -0.3 is 0 Å². The van der Waals surface area contributed by atoms with Crippen LogP contribution in [0.1, 0.15) is 38.8 Å². The summed E-state index contributed by atoms with van der Waals surface area (Å²) in [5, 5.41) is 15.6. The average Bonchev–Trinajstić information content (AvgIpc) is 3.04. The third kappa shape index (κ3) is 3.75. The van der Waals surface area contributed by atoms with Crippen molar-refractivity contribution >= 4 is 10.8 Å². The van der Waals surface area contributed by atoms with Gasteiger partial charge in [-0.2, -0.15) is 10.4 Å². The third-order valence-electron chi connectivity index (χ3n) is 3.24. The van der Waals surface area contributed by atoms with Crippen LogP contribution in [-0.2, 0) is 7.05 Å². The van der Waals surface area contributed by atoms with E-state index in [-0.39, 0.29) is 0 Å². The fourth-order valence-corrected chi connectivity index (χ4v) is 2.27. The summed E-state index contributed by atoms with van der Waals surface area (Å²) in [5.74, 6) is 0. The van der Waals surface area contributed by atoms with E-state index in [1.54, 1.807) is 10.9 Å². The molecule has 0 aliphatic rings. The van der Waals surface area contributed by atoms with Gasteiger partial charge in [-0.05, 0) is 12.5 Å². The molecule has 0 aliphatic carbocycles. The molecule has 23 heavy (non-hydrogen) atoms. The first-order chi connectivity index (χ1) is 11.2. The van der Waals surface area contributed by atoms with Gasteiger partial charge >= 0.3 is 0 Å². The number of benzene rings is 1. The Kier molecular flexibility index (Phi) is 6.95. The predicted molar refractivity (Wildman–Crippen MR) is 96.1 cm³/mol. The van der Waals surface area contributed by atoms with Gasteiger partial charge in [0.15, 0.2) is 0 Å². The molecule has 0 spiro atoms. The highest BCUT2D eigenvalue weighted by Crippen LogP contribution is 2.28. The first-order valence-electron chi connectivity index (χ1n) is 7.98. The SMILES string of the molecule is CC.CC.Cc1cccc2c(C#N)c(-c3cnn(C)c3)ncc12. The summed E-state index contributed by atoms with van der Waals surface area (Å²) < 4.78 is 1.71. The maximum Gasteiger partial charge on any atom is 0.102 e. The molecule has 120 valence electrons. The number of aryl methyl sites for hydroxylation is 2. The molecule has 0 atom stereocenters. The molecule has 0 N–H and O–H groups in total. The summed E-state index contributed by atoms with van der Waals surface area (Å²) in [5.41, 5.74) is 3.28. The number of nitrogens with zero attached hydrogens (tertiary/aromatic N) is 4. The molecule has 3 rings (SSSR count). The monoisotopic (exact) mass is 308 g/mol. The lowest BCUT2D eigenvalue weighted by atomic mass is 10.00. The number of aromatic nitrogens is 3. The topological polar surface area (TPSA) is 54.5 Å². The first-order valence-corrected chi connectivity index (χ1v) is 7.98. The third-order valence-corrected chi connectivity index (χ3v) is 3.24. The number of nitriles is 1. The average molecular weight is 308 g/mol. The van der Waals surface area contributed by atoms with Crippen molar-refractivity contribution in [1.29, 1.82) is 5.26 Å². The molecular formula is C19H24N4. The van der Waals surface area contributed by atoms with Gasteiger partial charge in [0.25, 0.3) is 0 Å². The van der Waals surface area contributed by atoms with Crippen LogP contribution in [0.4, 0.5) is 0 Å². The standard InChI is InChI=1S/C15H12N4.2C2H6/c1-10-4-3-5-12-13(6-16)15(17-8-14(10)12)11-7-18-19(2)9-11;2*1-2/h3-5,7-9H,1-2H3;2*1-2H3. The van der Waals surface area contributed by atoms with Gasteiger partial charge in [0.1, 0.15) is 6.07 Å². The molecule has 3 aromatic rings. The number of hydrogen-bond donors (Lipinski definition) is 0. The number of rotatable bonds is 1. The van der Waals surface area contributed by atoms with Crippen LogP contribution in [0.3, 0.4) is 0 Å². The van der Waals surface area contributed by atoms with Crippen LogP contribution in [0.25, 0.3) is 22.0 Å². The lowest BCUT2D eigenvalue weighted by Crippen LogP contribution is -1.92. The molecule has 0 saturated heterocycles. The van der Waals surface area contributed by atoms with Crippen LogP contribution in [0.5, 0.6) is 0 Å². The fourth-order valence-electron chi connectivity index (χ4n) is 2.27. The van der Waals surface area contributed by atoms with Crippen LogP contribution in [0.2, 0.25) is 0 Å². The minimum Gasteiger partial charge on any atom is -0.275 e. The van der Waals surface area contributed by atoms with Gasteiger partial charge in [-0.15, -0.1) is 0 Å². The number of hydrogen-bond acceptors (Lipinski definition) is 3. The van der Waals surface area contributed by atoms with Crippen LogP contribution in [-0.4, -0.2) is 14.8 Å². The van der Waals surface area contributed by atoms with Crippen LogP contribution in [0, 0.1) is 18.3 Å². The normalized spacial score (nSPS) is 9.26. The molecule has 4 nitrogen and oxygen atoms in total. The van der Waals surface area contributed by atoms with E-state index < -0.39 is 0 Å². The quantitative estimate of drug-likeness (QED) is 0.644. The molecular weight excluding hydrogens is 284 g/mol. The molecule has 2 heterocycles. The summed E-state index contributed by atoms with van der Waals surface area (Å²) >= 11 is 0. The summed E-state index contributed by atoms with van der Waals surface area (Å²) in [6.45, 7) is 10.0. The zero-order valence-corrected chi connectivity index (χ0v) is 14.8. The van der Waals surface area contributed by atoms with E-state index >= 15 is 0 Å². The van der Waals surface area contributed by atoms with Crippen molar-refractivity contribution in [3.63, 3.8) is 0 Å². The van der Waals surface area contributed by atoms with E-state index in [0.29, 0.717) is 11.3 Å². The summed E-state index contributed by atoms with van der Waals surface area (Å²) in [6.07, 6.45) is 5.42. The van der Waals surface area contributed by atoms with Crippen LogP contribution >= 0.6 is 0 Å². The highest BCUT2D eigenvalue weighted by atomic mass is 15.2. The maximum atomic E-state index is 9.46. The van der Waals surface area contributed by atoms with Crippen molar-refractivity contribution < 1.29 is 0 Å². The molecule has 4 heteroatoms. The van der Waals surface area contributed by atoms with Gasteiger partial charge in [-0.25, -0.2) is 0 Å². The molecule has 0 radical (unpaired) electrons. The molecule has 0 amide bonds. The van der Waals surface area contributed by atoms with Crippen molar-refractivity contribution in [1.82, 2.24) is 14.8 Å². The molecule has 0 saturated carbocycles. The van der Waals surface area contributed by atoms with Gasteiger partial charge in [0.2, 0.25) is 0 Å². The van der Waals surface area contributed by atoms with E-state index in [1.165, 1.54) is 0 Å². The molecule has 0 aliphatic heterocycles. The zero-order valence-electron chi connectivity index (χ0n) is 14.8. The Morgan fingerprint density at radius 2 is 1.74 bits per heavy atom. The summed E-state index contributed by atoms with van der Waals surface area (Å²) in [7, 11) is 1.85. The van der Waals surface area contributed by atoms with Gasteiger partial charge in [0.05, 0.1) is 17.5 Å². The summed E-state index contributed by atoms with van der Waals surface area (Å²) in [6, 6.07) is 8.22. The second-order valence-electron chi connectivity index (χ2n) is 4.53. The van der Waals surface area contributed by atoms with E-state index in [1.807, 2.05) is 72.3 Å². The van der Waals surface area contributed by atoms with E-state index in [4.69, 9.17) is 0 Å². The Balaban J connectivity index is 0.000000615. The Labute approximate surface area is 138 Å². The minimum atomic E-state index is 0.606. The van der Waals surface area contributed by atoms with E-state index in [0.717, 1.165) is 21.9 Å². The van der Waals surface area contributed by atoms with Crippen LogP contribution in [0.15, 0.2) is 36.8 Å². The largest absolute Gasteiger partial charge is 0.275 e. The van der Waals surface area contributed by atoms with Crippen LogP contribution < -0.4 is 0 Å².